The quantitative estimate of drug-likeness (QED) is 0.486. The maximum Gasteiger partial charge on any atom is 0.0211 e. The second-order valence-electron chi connectivity index (χ2n) is 3.64. The fourth-order valence-corrected chi connectivity index (χ4v) is 1.89. The van der Waals surface area contributed by atoms with E-state index < -0.39 is 0 Å². The zero-order valence-corrected chi connectivity index (χ0v) is 7.81. The van der Waals surface area contributed by atoms with Crippen LogP contribution in [0.15, 0.2) is 0 Å². The summed E-state index contributed by atoms with van der Waals surface area (Å²) in [5.74, 6) is 3.64. The topological polar surface area (TPSA) is 12.0 Å². The molecule has 0 spiro atoms. The number of hydrogen-bond acceptors (Lipinski definition) is 1. The smallest absolute Gasteiger partial charge is 0.0211 e. The van der Waals surface area contributed by atoms with E-state index in [0.29, 0.717) is 0 Å². The zero-order chi connectivity index (χ0) is 8.65. The van der Waals surface area contributed by atoms with E-state index in [1.165, 1.54) is 32.1 Å². The SMILES string of the molecule is C#CCCNCCC1CCCC1. The van der Waals surface area contributed by atoms with E-state index in [9.17, 15) is 0 Å². The average molecular weight is 165 g/mol. The van der Waals surface area contributed by atoms with Crippen LogP contribution in [0.1, 0.15) is 38.5 Å². The highest BCUT2D eigenvalue weighted by Crippen LogP contribution is 2.26. The van der Waals surface area contributed by atoms with Crippen molar-refractivity contribution in [2.75, 3.05) is 13.1 Å². The molecule has 1 fully saturated rings. The average Bonchev–Trinajstić information content (AvgIpc) is 2.57. The van der Waals surface area contributed by atoms with Gasteiger partial charge in [-0.1, -0.05) is 25.7 Å². The zero-order valence-electron chi connectivity index (χ0n) is 7.81. The first kappa shape index (κ1) is 9.61. The van der Waals surface area contributed by atoms with Gasteiger partial charge in [0.25, 0.3) is 0 Å². The minimum Gasteiger partial charge on any atom is -0.316 e. The van der Waals surface area contributed by atoms with E-state index in [1.54, 1.807) is 0 Å². The summed E-state index contributed by atoms with van der Waals surface area (Å²) in [6.07, 6.45) is 13.2. The van der Waals surface area contributed by atoms with Crippen molar-refractivity contribution in [1.29, 1.82) is 0 Å². The highest BCUT2D eigenvalue weighted by atomic mass is 14.8. The van der Waals surface area contributed by atoms with Crippen molar-refractivity contribution < 1.29 is 0 Å². The molecule has 0 atom stereocenters. The third-order valence-electron chi connectivity index (χ3n) is 2.65. The summed E-state index contributed by atoms with van der Waals surface area (Å²) in [6, 6.07) is 0. The molecule has 68 valence electrons. The van der Waals surface area contributed by atoms with Gasteiger partial charge >= 0.3 is 0 Å². The lowest BCUT2D eigenvalue weighted by Crippen LogP contribution is -2.18. The summed E-state index contributed by atoms with van der Waals surface area (Å²) < 4.78 is 0. The second kappa shape index (κ2) is 6.08. The molecule has 1 rings (SSSR count). The van der Waals surface area contributed by atoms with Gasteiger partial charge in [0.1, 0.15) is 0 Å². The first-order valence-electron chi connectivity index (χ1n) is 5.07. The van der Waals surface area contributed by atoms with Crippen LogP contribution in [0, 0.1) is 18.3 Å². The largest absolute Gasteiger partial charge is 0.316 e. The summed E-state index contributed by atoms with van der Waals surface area (Å²) in [4.78, 5) is 0. The van der Waals surface area contributed by atoms with Gasteiger partial charge in [-0.2, -0.15) is 0 Å². The second-order valence-corrected chi connectivity index (χ2v) is 3.64. The van der Waals surface area contributed by atoms with Crippen molar-refractivity contribution in [2.24, 2.45) is 5.92 Å². The Labute approximate surface area is 75.9 Å². The van der Waals surface area contributed by atoms with Crippen LogP contribution < -0.4 is 5.32 Å². The van der Waals surface area contributed by atoms with Gasteiger partial charge in [-0.25, -0.2) is 0 Å². The number of nitrogens with one attached hydrogen (secondary N) is 1. The molecular weight excluding hydrogens is 146 g/mol. The van der Waals surface area contributed by atoms with Crippen LogP contribution in [0.25, 0.3) is 0 Å². The van der Waals surface area contributed by atoms with Gasteiger partial charge in [-0.15, -0.1) is 12.3 Å². The molecule has 1 heteroatoms. The minimum atomic E-state index is 0.866. The molecular formula is C11H19N. The van der Waals surface area contributed by atoms with Crippen LogP contribution in [-0.4, -0.2) is 13.1 Å². The first-order chi connectivity index (χ1) is 5.93. The fraction of sp³-hybridized carbons (Fsp3) is 0.818. The van der Waals surface area contributed by atoms with Gasteiger partial charge in [0.2, 0.25) is 0 Å². The van der Waals surface area contributed by atoms with Gasteiger partial charge in [0, 0.05) is 13.0 Å². The molecule has 1 aliphatic rings. The molecule has 1 saturated carbocycles. The van der Waals surface area contributed by atoms with Crippen LogP contribution in [0.4, 0.5) is 0 Å². The van der Waals surface area contributed by atoms with Gasteiger partial charge < -0.3 is 5.32 Å². The lowest BCUT2D eigenvalue weighted by atomic mass is 10.0. The molecule has 1 aliphatic carbocycles. The molecule has 1 nitrogen and oxygen atoms in total. The predicted octanol–water partition coefficient (Wildman–Crippen LogP) is 2.18. The Morgan fingerprint density at radius 1 is 1.25 bits per heavy atom. The van der Waals surface area contributed by atoms with Gasteiger partial charge in [0.15, 0.2) is 0 Å². The monoisotopic (exact) mass is 165 g/mol. The normalized spacial score (nSPS) is 17.9. The van der Waals surface area contributed by atoms with E-state index in [-0.39, 0.29) is 0 Å². The molecule has 0 unspecified atom stereocenters. The maximum absolute atomic E-state index is 5.14. The Balaban J connectivity index is 1.85. The van der Waals surface area contributed by atoms with Crippen LogP contribution in [0.3, 0.4) is 0 Å². The minimum absolute atomic E-state index is 0.866. The summed E-state index contributed by atoms with van der Waals surface area (Å²) in [7, 11) is 0. The highest BCUT2D eigenvalue weighted by Gasteiger charge is 2.13. The highest BCUT2D eigenvalue weighted by molar-refractivity contribution is 4.84. The number of hydrogen-bond donors (Lipinski definition) is 1. The van der Waals surface area contributed by atoms with Crippen LogP contribution >= 0.6 is 0 Å². The molecule has 0 saturated heterocycles. The van der Waals surface area contributed by atoms with E-state index in [1.807, 2.05) is 0 Å². The van der Waals surface area contributed by atoms with Crippen molar-refractivity contribution in [3.63, 3.8) is 0 Å². The number of terminal acetylenes is 1. The Morgan fingerprint density at radius 2 is 2.00 bits per heavy atom. The predicted molar refractivity (Wildman–Crippen MR) is 52.9 cm³/mol. The summed E-state index contributed by atoms with van der Waals surface area (Å²) in [5, 5.41) is 3.37. The summed E-state index contributed by atoms with van der Waals surface area (Å²) >= 11 is 0. The molecule has 0 aromatic rings. The summed E-state index contributed by atoms with van der Waals surface area (Å²) in [6.45, 7) is 2.15. The Bertz CT molecular complexity index is 140. The third kappa shape index (κ3) is 3.78. The summed E-state index contributed by atoms with van der Waals surface area (Å²) in [5.41, 5.74) is 0. The van der Waals surface area contributed by atoms with E-state index in [4.69, 9.17) is 6.42 Å². The van der Waals surface area contributed by atoms with Gasteiger partial charge in [0.05, 0.1) is 0 Å². The molecule has 0 bridgehead atoms. The van der Waals surface area contributed by atoms with Crippen molar-refractivity contribution in [3.8, 4) is 12.3 Å². The van der Waals surface area contributed by atoms with Crippen molar-refractivity contribution in [3.05, 3.63) is 0 Å². The van der Waals surface area contributed by atoms with Crippen molar-refractivity contribution >= 4 is 0 Å². The van der Waals surface area contributed by atoms with Crippen molar-refractivity contribution in [1.82, 2.24) is 5.32 Å². The molecule has 0 radical (unpaired) electrons. The molecule has 0 aliphatic heterocycles. The first-order valence-corrected chi connectivity index (χ1v) is 5.07. The Morgan fingerprint density at radius 3 is 2.67 bits per heavy atom. The van der Waals surface area contributed by atoms with Gasteiger partial charge in [-0.05, 0) is 18.9 Å². The van der Waals surface area contributed by atoms with Gasteiger partial charge in [-0.3, -0.25) is 0 Å². The maximum atomic E-state index is 5.14. The van der Waals surface area contributed by atoms with E-state index in [2.05, 4.69) is 11.2 Å². The van der Waals surface area contributed by atoms with Crippen molar-refractivity contribution in [2.45, 2.75) is 38.5 Å². The van der Waals surface area contributed by atoms with Crippen LogP contribution in [0.2, 0.25) is 0 Å². The van der Waals surface area contributed by atoms with E-state index in [0.717, 1.165) is 25.4 Å². The molecule has 0 aromatic carbocycles. The standard InChI is InChI=1S/C11H19N/c1-2-3-9-12-10-8-11-6-4-5-7-11/h1,11-12H,3-10H2. The lowest BCUT2D eigenvalue weighted by molar-refractivity contribution is 0.480. The number of rotatable bonds is 5. The molecule has 1 N–H and O–H groups in total. The Hall–Kier alpha value is -0.480. The van der Waals surface area contributed by atoms with Crippen LogP contribution in [-0.2, 0) is 0 Å². The molecule has 12 heavy (non-hydrogen) atoms. The Kier molecular flexibility index (Phi) is 4.87. The third-order valence-corrected chi connectivity index (χ3v) is 2.65. The van der Waals surface area contributed by atoms with Crippen LogP contribution in [0.5, 0.6) is 0 Å². The molecule has 0 amide bonds. The fourth-order valence-electron chi connectivity index (χ4n) is 1.89. The molecule has 0 heterocycles. The van der Waals surface area contributed by atoms with E-state index >= 15 is 0 Å². The molecule has 0 aromatic heterocycles. The lowest BCUT2D eigenvalue weighted by Gasteiger charge is -2.08.